The van der Waals surface area contributed by atoms with Crippen molar-refractivity contribution in [2.75, 3.05) is 45.9 Å². The van der Waals surface area contributed by atoms with E-state index in [4.69, 9.17) is 32.7 Å². The molecule has 1 aromatic carbocycles. The number of benzene rings is 1. The minimum Gasteiger partial charge on any atom is -0.598 e. The van der Waals surface area contributed by atoms with Crippen molar-refractivity contribution in [2.45, 2.75) is 70.8 Å². The first-order valence-electron chi connectivity index (χ1n) is 14.0. The van der Waals surface area contributed by atoms with Crippen molar-refractivity contribution >= 4 is 46.7 Å². The van der Waals surface area contributed by atoms with Crippen LogP contribution in [0, 0.1) is 5.92 Å². The van der Waals surface area contributed by atoms with E-state index in [0.29, 0.717) is 67.9 Å². The first kappa shape index (κ1) is 33.6. The number of likely N-dealkylation sites (tertiary alicyclic amines) is 1. The van der Waals surface area contributed by atoms with Crippen LogP contribution in [0.2, 0.25) is 10.0 Å². The summed E-state index contributed by atoms with van der Waals surface area (Å²) in [4.78, 5) is 31.1. The molecule has 9 nitrogen and oxygen atoms in total. The van der Waals surface area contributed by atoms with Crippen molar-refractivity contribution < 1.29 is 23.6 Å². The minimum absolute atomic E-state index is 0.0281. The Bertz CT molecular complexity index is 1080. The number of hydrogen-bond donors (Lipinski definition) is 1. The van der Waals surface area contributed by atoms with Crippen molar-refractivity contribution in [3.63, 3.8) is 0 Å². The molecule has 0 radical (unpaired) electrons. The van der Waals surface area contributed by atoms with E-state index >= 15 is 0 Å². The Morgan fingerprint density at radius 2 is 1.56 bits per heavy atom. The zero-order valence-corrected chi connectivity index (χ0v) is 27.3. The molecule has 2 aliphatic heterocycles. The predicted octanol–water partition coefficient (Wildman–Crippen LogP) is 6.04. The van der Waals surface area contributed by atoms with E-state index in [2.05, 4.69) is 11.3 Å². The molecule has 230 valence electrons. The molecule has 2 saturated heterocycles. The number of urea groups is 1. The number of nitrogens with zero attached hydrogens (tertiary/aromatic N) is 3. The summed E-state index contributed by atoms with van der Waals surface area (Å²) in [6.07, 6.45) is 2.70. The molecule has 0 saturated carbocycles. The predicted molar refractivity (Wildman–Crippen MR) is 165 cm³/mol. The van der Waals surface area contributed by atoms with E-state index in [1.54, 1.807) is 28.0 Å². The molecule has 41 heavy (non-hydrogen) atoms. The summed E-state index contributed by atoms with van der Waals surface area (Å²) in [6, 6.07) is 3.10. The molecule has 2 fully saturated rings. The van der Waals surface area contributed by atoms with Gasteiger partial charge < -0.3 is 28.7 Å². The molecular weight excluding hydrogens is 587 g/mol. The summed E-state index contributed by atoms with van der Waals surface area (Å²) in [5.74, 6) is 0.627. The van der Waals surface area contributed by atoms with E-state index in [9.17, 15) is 14.1 Å². The summed E-state index contributed by atoms with van der Waals surface area (Å²) in [5.41, 5.74) is 0.220. The van der Waals surface area contributed by atoms with Gasteiger partial charge in [-0.3, -0.25) is 0 Å². The second-order valence-corrected chi connectivity index (χ2v) is 15.3. The molecule has 0 bridgehead atoms. The second-order valence-electron chi connectivity index (χ2n) is 12.4. The lowest BCUT2D eigenvalue weighted by Gasteiger charge is -2.41. The van der Waals surface area contributed by atoms with Gasteiger partial charge in [0.2, 0.25) is 0 Å². The third-order valence-electron chi connectivity index (χ3n) is 7.02. The van der Waals surface area contributed by atoms with Crippen LogP contribution in [0.25, 0.3) is 0 Å². The first-order chi connectivity index (χ1) is 19.1. The fourth-order valence-corrected chi connectivity index (χ4v) is 6.03. The molecule has 1 unspecified atom stereocenters. The lowest BCUT2D eigenvalue weighted by atomic mass is 9.85. The molecule has 0 aromatic heterocycles. The monoisotopic (exact) mass is 630 g/mol. The van der Waals surface area contributed by atoms with Crippen molar-refractivity contribution in [1.29, 1.82) is 0 Å². The van der Waals surface area contributed by atoms with Gasteiger partial charge in [-0.05, 0) is 66.4 Å². The third-order valence-corrected chi connectivity index (χ3v) is 9.32. The van der Waals surface area contributed by atoms with Gasteiger partial charge in [0, 0.05) is 62.3 Å². The van der Waals surface area contributed by atoms with Crippen LogP contribution in [-0.4, -0.2) is 87.6 Å². The van der Waals surface area contributed by atoms with Crippen LogP contribution in [0.4, 0.5) is 9.59 Å². The van der Waals surface area contributed by atoms with Gasteiger partial charge in [0.25, 0.3) is 0 Å². The molecule has 3 rings (SSSR count). The number of nitrogens with one attached hydrogen (secondary N) is 1. The summed E-state index contributed by atoms with van der Waals surface area (Å²) in [5, 5.41) is 0.761. The standard InChI is InChI=1S/C29H44Cl2N4O5S/c1-8-17-39-24-19-23(31)22(30)18-21(24)25(32-41(38)29(5,6)7)20-9-11-33(12-10-20)26(36)34-13-15-35(16-14-34)27(37)40-28(2,3)4/h8,18-20,25,32H,1,9-17H2,2-7H3/t25?,41-/m0/s1. The van der Waals surface area contributed by atoms with Crippen molar-refractivity contribution in [3.8, 4) is 5.75 Å². The minimum atomic E-state index is -1.36. The second kappa shape index (κ2) is 14.1. The van der Waals surface area contributed by atoms with Crippen LogP contribution in [-0.2, 0) is 16.1 Å². The topological polar surface area (TPSA) is 97.4 Å². The van der Waals surface area contributed by atoms with Gasteiger partial charge in [0.15, 0.2) is 0 Å². The van der Waals surface area contributed by atoms with E-state index in [0.717, 1.165) is 5.56 Å². The number of amides is 3. The number of halogens is 2. The van der Waals surface area contributed by atoms with Gasteiger partial charge in [-0.2, -0.15) is 0 Å². The maximum atomic E-state index is 13.4. The van der Waals surface area contributed by atoms with Crippen molar-refractivity contribution in [2.24, 2.45) is 5.92 Å². The number of ether oxygens (including phenoxy) is 2. The average molecular weight is 632 g/mol. The zero-order valence-electron chi connectivity index (χ0n) is 25.0. The van der Waals surface area contributed by atoms with E-state index < -0.39 is 21.7 Å². The van der Waals surface area contributed by atoms with Gasteiger partial charge in [-0.15, -0.1) is 4.72 Å². The number of carbonyl (C=O) groups excluding carboxylic acids is 2. The molecule has 2 atom stereocenters. The smallest absolute Gasteiger partial charge is 0.410 e. The van der Waals surface area contributed by atoms with Crippen molar-refractivity contribution in [1.82, 2.24) is 19.4 Å². The average Bonchev–Trinajstić information content (AvgIpc) is 2.90. The maximum absolute atomic E-state index is 13.4. The molecule has 0 aliphatic carbocycles. The molecule has 3 amide bonds. The van der Waals surface area contributed by atoms with E-state index in [-0.39, 0.29) is 30.7 Å². The van der Waals surface area contributed by atoms with Crippen LogP contribution in [0.1, 0.15) is 66.0 Å². The fraction of sp³-hybridized carbons (Fsp3) is 0.655. The molecule has 0 spiro atoms. The Kier molecular flexibility index (Phi) is 11.6. The molecule has 2 aliphatic rings. The highest BCUT2D eigenvalue weighted by Crippen LogP contribution is 2.41. The Labute approximate surface area is 257 Å². The Balaban J connectivity index is 1.70. The molecule has 1 aromatic rings. The normalized spacial score (nSPS) is 18.6. The summed E-state index contributed by atoms with van der Waals surface area (Å²) in [6.45, 7) is 18.2. The summed E-state index contributed by atoms with van der Waals surface area (Å²) < 4.78 is 27.5. The molecule has 12 heteroatoms. The Hall–Kier alpha value is -1.85. The van der Waals surface area contributed by atoms with Gasteiger partial charge in [-0.1, -0.05) is 35.9 Å². The quantitative estimate of drug-likeness (QED) is 0.292. The first-order valence-corrected chi connectivity index (χ1v) is 15.9. The molecular formula is C29H44Cl2N4O5S. The van der Waals surface area contributed by atoms with Crippen molar-refractivity contribution in [3.05, 3.63) is 40.4 Å². The van der Waals surface area contributed by atoms with Crippen LogP contribution in [0.3, 0.4) is 0 Å². The highest BCUT2D eigenvalue weighted by atomic mass is 35.5. The molecule has 1 N–H and O–H groups in total. The zero-order chi connectivity index (χ0) is 30.5. The number of hydrogen-bond acceptors (Lipinski definition) is 6. The lowest BCUT2D eigenvalue weighted by Crippen LogP contribution is -2.56. The molecule has 2 heterocycles. The van der Waals surface area contributed by atoms with Crippen LogP contribution < -0.4 is 9.46 Å². The van der Waals surface area contributed by atoms with Gasteiger partial charge in [0.1, 0.15) is 22.7 Å². The van der Waals surface area contributed by atoms with Crippen LogP contribution in [0.5, 0.6) is 5.75 Å². The highest BCUT2D eigenvalue weighted by molar-refractivity contribution is 7.90. The number of piperidine rings is 1. The van der Waals surface area contributed by atoms with E-state index in [1.165, 1.54) is 0 Å². The Morgan fingerprint density at radius 3 is 2.10 bits per heavy atom. The number of carbonyl (C=O) groups is 2. The maximum Gasteiger partial charge on any atom is 0.410 e. The van der Waals surface area contributed by atoms with Gasteiger partial charge in [-0.25, -0.2) is 9.59 Å². The van der Waals surface area contributed by atoms with Crippen LogP contribution >= 0.6 is 23.2 Å². The van der Waals surface area contributed by atoms with Gasteiger partial charge in [0.05, 0.1) is 16.1 Å². The third kappa shape index (κ3) is 9.32. The highest BCUT2D eigenvalue weighted by Gasteiger charge is 2.38. The SMILES string of the molecule is C=CCOc1cc(Cl)c(Cl)cc1C(N[S@@+]([O-])C(C)(C)C)C1CCN(C(=O)N2CCN(C(=O)OC(C)(C)C)CC2)CC1. The van der Waals surface area contributed by atoms with Gasteiger partial charge >= 0.3 is 12.1 Å². The summed E-state index contributed by atoms with van der Waals surface area (Å²) >= 11 is 11.4. The largest absolute Gasteiger partial charge is 0.598 e. The Morgan fingerprint density at radius 1 is 1.02 bits per heavy atom. The summed E-state index contributed by atoms with van der Waals surface area (Å²) in [7, 11) is 0. The lowest BCUT2D eigenvalue weighted by molar-refractivity contribution is 0.0152. The van der Waals surface area contributed by atoms with Crippen LogP contribution in [0.15, 0.2) is 24.8 Å². The fourth-order valence-electron chi connectivity index (χ4n) is 4.80. The number of piperazine rings is 1. The number of rotatable bonds is 7. The van der Waals surface area contributed by atoms with E-state index in [1.807, 2.05) is 46.4 Å².